The van der Waals surface area contributed by atoms with Crippen LogP contribution in [0.5, 0.6) is 5.75 Å². The number of amides is 1. The van der Waals surface area contributed by atoms with E-state index in [2.05, 4.69) is 24.5 Å². The molecular weight excluding hydrogens is 428 g/mol. The van der Waals surface area contributed by atoms with E-state index in [0.29, 0.717) is 33.7 Å². The van der Waals surface area contributed by atoms with Gasteiger partial charge < -0.3 is 20.1 Å². The minimum Gasteiger partial charge on any atom is -0.481 e. The van der Waals surface area contributed by atoms with Crippen molar-refractivity contribution in [1.29, 1.82) is 0 Å². The summed E-state index contributed by atoms with van der Waals surface area (Å²) in [4.78, 5) is 23.5. The molecule has 3 N–H and O–H groups in total. The van der Waals surface area contributed by atoms with Crippen molar-refractivity contribution in [2.45, 2.75) is 26.3 Å². The SMILES string of the molecule is CC(C)c1cc(OCC(=O)O)c2c3c(C(N)=O)cccc3n(Cc3ccccc3Cl)c2c1. The minimum absolute atomic E-state index is 0.175. The fraction of sp³-hybridized carbons (Fsp3) is 0.200. The van der Waals surface area contributed by atoms with Gasteiger partial charge in [0.1, 0.15) is 5.75 Å². The van der Waals surface area contributed by atoms with Crippen molar-refractivity contribution in [3.8, 4) is 5.75 Å². The normalized spacial score (nSPS) is 11.4. The van der Waals surface area contributed by atoms with Crippen LogP contribution in [0.25, 0.3) is 21.8 Å². The first kappa shape index (κ1) is 21.7. The van der Waals surface area contributed by atoms with E-state index in [1.165, 1.54) is 0 Å². The Bertz CT molecular complexity index is 1360. The first-order valence-electron chi connectivity index (χ1n) is 10.2. The Morgan fingerprint density at radius 2 is 1.81 bits per heavy atom. The summed E-state index contributed by atoms with van der Waals surface area (Å²) in [7, 11) is 0. The number of carbonyl (C=O) groups is 2. The summed E-state index contributed by atoms with van der Waals surface area (Å²) >= 11 is 6.45. The molecule has 4 rings (SSSR count). The number of nitrogens with zero attached hydrogens (tertiary/aromatic N) is 1. The van der Waals surface area contributed by atoms with Crippen molar-refractivity contribution < 1.29 is 19.4 Å². The number of rotatable bonds is 7. The average Bonchev–Trinajstić information content (AvgIpc) is 3.07. The molecule has 7 heteroatoms. The summed E-state index contributed by atoms with van der Waals surface area (Å²) in [5.41, 5.74) is 9.57. The van der Waals surface area contributed by atoms with Crippen LogP contribution in [-0.4, -0.2) is 28.2 Å². The number of carbonyl (C=O) groups excluding carboxylic acids is 1. The molecule has 4 aromatic rings. The number of carboxylic acids is 1. The van der Waals surface area contributed by atoms with Crippen molar-refractivity contribution in [2.75, 3.05) is 6.61 Å². The summed E-state index contributed by atoms with van der Waals surface area (Å²) in [6.07, 6.45) is 0. The van der Waals surface area contributed by atoms with E-state index in [4.69, 9.17) is 22.1 Å². The lowest BCUT2D eigenvalue weighted by atomic mass is 9.99. The lowest BCUT2D eigenvalue weighted by Crippen LogP contribution is -2.12. The van der Waals surface area contributed by atoms with Gasteiger partial charge in [-0.15, -0.1) is 0 Å². The van der Waals surface area contributed by atoms with Gasteiger partial charge in [0.15, 0.2) is 6.61 Å². The molecule has 0 atom stereocenters. The number of benzene rings is 3. The smallest absolute Gasteiger partial charge is 0.341 e. The first-order valence-corrected chi connectivity index (χ1v) is 10.6. The minimum atomic E-state index is -1.08. The molecule has 164 valence electrons. The van der Waals surface area contributed by atoms with Crippen LogP contribution in [-0.2, 0) is 11.3 Å². The van der Waals surface area contributed by atoms with Gasteiger partial charge in [-0.3, -0.25) is 4.79 Å². The van der Waals surface area contributed by atoms with E-state index in [1.807, 2.05) is 36.4 Å². The van der Waals surface area contributed by atoms with Crippen LogP contribution >= 0.6 is 11.6 Å². The molecule has 1 amide bonds. The second-order valence-corrected chi connectivity index (χ2v) is 8.40. The van der Waals surface area contributed by atoms with Crippen molar-refractivity contribution >= 4 is 45.3 Å². The second kappa shape index (κ2) is 8.55. The van der Waals surface area contributed by atoms with E-state index in [0.717, 1.165) is 22.2 Å². The summed E-state index contributed by atoms with van der Waals surface area (Å²) in [5, 5.41) is 11.1. The molecule has 3 aromatic carbocycles. The van der Waals surface area contributed by atoms with Crippen LogP contribution in [0.2, 0.25) is 5.02 Å². The lowest BCUT2D eigenvalue weighted by molar-refractivity contribution is -0.139. The zero-order valence-electron chi connectivity index (χ0n) is 17.8. The molecule has 0 aliphatic heterocycles. The Kier molecular flexibility index (Phi) is 5.80. The lowest BCUT2D eigenvalue weighted by Gasteiger charge is -2.14. The highest BCUT2D eigenvalue weighted by molar-refractivity contribution is 6.31. The number of primary amides is 1. The maximum atomic E-state index is 12.3. The maximum absolute atomic E-state index is 12.3. The molecule has 1 aromatic heterocycles. The summed E-state index contributed by atoms with van der Waals surface area (Å²) in [6.45, 7) is 4.07. The molecule has 0 saturated carbocycles. The monoisotopic (exact) mass is 450 g/mol. The van der Waals surface area contributed by atoms with Crippen molar-refractivity contribution in [3.63, 3.8) is 0 Å². The van der Waals surface area contributed by atoms with Gasteiger partial charge in [0.2, 0.25) is 5.91 Å². The van der Waals surface area contributed by atoms with Gasteiger partial charge >= 0.3 is 5.97 Å². The van der Waals surface area contributed by atoms with Crippen LogP contribution in [0, 0.1) is 0 Å². The largest absolute Gasteiger partial charge is 0.481 e. The highest BCUT2D eigenvalue weighted by atomic mass is 35.5. The number of aliphatic carboxylic acids is 1. The van der Waals surface area contributed by atoms with E-state index in [-0.39, 0.29) is 5.92 Å². The number of hydrogen-bond acceptors (Lipinski definition) is 3. The van der Waals surface area contributed by atoms with E-state index in [9.17, 15) is 14.7 Å². The highest BCUT2D eigenvalue weighted by Gasteiger charge is 2.22. The van der Waals surface area contributed by atoms with Crippen molar-refractivity contribution in [3.05, 3.63) is 76.3 Å². The van der Waals surface area contributed by atoms with Crippen LogP contribution in [0.4, 0.5) is 0 Å². The number of hydrogen-bond donors (Lipinski definition) is 2. The zero-order chi connectivity index (χ0) is 23.0. The Morgan fingerprint density at radius 3 is 2.47 bits per heavy atom. The van der Waals surface area contributed by atoms with Gasteiger partial charge in [-0.25, -0.2) is 4.79 Å². The molecule has 0 saturated heterocycles. The van der Waals surface area contributed by atoms with Crippen molar-refractivity contribution in [1.82, 2.24) is 4.57 Å². The van der Waals surface area contributed by atoms with Crippen LogP contribution < -0.4 is 10.5 Å². The summed E-state index contributed by atoms with van der Waals surface area (Å²) < 4.78 is 7.78. The summed E-state index contributed by atoms with van der Waals surface area (Å²) in [6, 6.07) is 16.8. The quantitative estimate of drug-likeness (QED) is 0.405. The van der Waals surface area contributed by atoms with Gasteiger partial charge in [0, 0.05) is 22.5 Å². The number of carboxylic acid groups (broad SMARTS) is 1. The predicted octanol–water partition coefficient (Wildman–Crippen LogP) is 5.18. The fourth-order valence-corrected chi connectivity index (χ4v) is 4.20. The predicted molar refractivity (Wildman–Crippen MR) is 126 cm³/mol. The second-order valence-electron chi connectivity index (χ2n) is 7.99. The molecule has 6 nitrogen and oxygen atoms in total. The third kappa shape index (κ3) is 3.89. The Morgan fingerprint density at radius 1 is 1.06 bits per heavy atom. The number of halogens is 1. The van der Waals surface area contributed by atoms with Gasteiger partial charge in [-0.05, 0) is 47.4 Å². The number of nitrogens with two attached hydrogens (primary N) is 1. The Hall–Kier alpha value is -3.51. The number of fused-ring (bicyclic) bond motifs is 3. The van der Waals surface area contributed by atoms with Gasteiger partial charge in [-0.2, -0.15) is 0 Å². The van der Waals surface area contributed by atoms with Gasteiger partial charge in [0.25, 0.3) is 0 Å². The molecule has 0 aliphatic rings. The third-order valence-electron chi connectivity index (χ3n) is 5.55. The standard InChI is InChI=1S/C25H23ClN2O4/c1-14(2)16-10-20-24(21(11-16)32-13-22(29)30)23-17(25(27)31)7-5-9-19(23)28(20)12-15-6-3-4-8-18(15)26/h3-11,14H,12-13H2,1-2H3,(H2,27,31)(H,29,30). The molecule has 1 heterocycles. The molecule has 0 unspecified atom stereocenters. The molecule has 0 bridgehead atoms. The third-order valence-corrected chi connectivity index (χ3v) is 5.92. The Balaban J connectivity index is 2.11. The fourth-order valence-electron chi connectivity index (χ4n) is 4.00. The summed E-state index contributed by atoms with van der Waals surface area (Å²) in [5.74, 6) is -1.06. The molecule has 0 fully saturated rings. The maximum Gasteiger partial charge on any atom is 0.341 e. The van der Waals surface area contributed by atoms with E-state index >= 15 is 0 Å². The molecule has 32 heavy (non-hydrogen) atoms. The first-order chi connectivity index (χ1) is 15.3. The van der Waals surface area contributed by atoms with Crippen LogP contribution in [0.3, 0.4) is 0 Å². The molecule has 0 radical (unpaired) electrons. The van der Waals surface area contributed by atoms with Gasteiger partial charge in [0.05, 0.1) is 16.4 Å². The van der Waals surface area contributed by atoms with Gasteiger partial charge in [-0.1, -0.05) is 49.7 Å². The molecule has 0 spiro atoms. The molecular formula is C25H23ClN2O4. The average molecular weight is 451 g/mol. The van der Waals surface area contributed by atoms with E-state index < -0.39 is 18.5 Å². The van der Waals surface area contributed by atoms with Crippen LogP contribution in [0.1, 0.15) is 41.3 Å². The van der Waals surface area contributed by atoms with E-state index in [1.54, 1.807) is 12.1 Å². The Labute approximate surface area is 190 Å². The molecule has 0 aliphatic carbocycles. The highest BCUT2D eigenvalue weighted by Crippen LogP contribution is 2.40. The zero-order valence-corrected chi connectivity index (χ0v) is 18.5. The van der Waals surface area contributed by atoms with Crippen molar-refractivity contribution in [2.24, 2.45) is 5.73 Å². The van der Waals surface area contributed by atoms with Crippen LogP contribution in [0.15, 0.2) is 54.6 Å². The number of ether oxygens (including phenoxy) is 1. The topological polar surface area (TPSA) is 94.6 Å². The number of aromatic nitrogens is 1.